The van der Waals surface area contributed by atoms with Gasteiger partial charge in [-0.05, 0) is 19.1 Å². The molecule has 1 aromatic carbocycles. The first-order valence-electron chi connectivity index (χ1n) is 5.55. The van der Waals surface area contributed by atoms with Gasteiger partial charge < -0.3 is 15.5 Å². The van der Waals surface area contributed by atoms with Crippen molar-refractivity contribution in [2.24, 2.45) is 5.10 Å². The molecule has 1 saturated heterocycles. The highest BCUT2D eigenvalue weighted by Gasteiger charge is 2.15. The van der Waals surface area contributed by atoms with Crippen LogP contribution in [0, 0.1) is 5.82 Å². The Kier molecular flexibility index (Phi) is 3.58. The van der Waals surface area contributed by atoms with E-state index in [1.807, 2.05) is 6.92 Å². The van der Waals surface area contributed by atoms with Crippen LogP contribution in [0.4, 0.5) is 4.39 Å². The molecule has 0 spiro atoms. The average Bonchev–Trinajstić information content (AvgIpc) is 2.26. The molecule has 2 N–H and O–H groups in total. The van der Waals surface area contributed by atoms with Gasteiger partial charge in [0.15, 0.2) is 0 Å². The molecule has 0 bridgehead atoms. The Labute approximate surface area is 99.9 Å². The summed E-state index contributed by atoms with van der Waals surface area (Å²) < 4.78 is 18.2. The van der Waals surface area contributed by atoms with Crippen LogP contribution in [0.5, 0.6) is 5.75 Å². The lowest BCUT2D eigenvalue weighted by Crippen LogP contribution is -2.53. The number of hydrogen-bond donors (Lipinski definition) is 2. The van der Waals surface area contributed by atoms with Crippen LogP contribution >= 0.6 is 0 Å². The maximum absolute atomic E-state index is 13.0. The van der Waals surface area contributed by atoms with E-state index in [1.165, 1.54) is 19.2 Å². The van der Waals surface area contributed by atoms with Gasteiger partial charge in [-0.3, -0.25) is 0 Å². The van der Waals surface area contributed by atoms with Gasteiger partial charge in [-0.2, -0.15) is 5.10 Å². The fourth-order valence-electron chi connectivity index (χ4n) is 1.59. The molecule has 1 fully saturated rings. The van der Waals surface area contributed by atoms with Gasteiger partial charge in [0.1, 0.15) is 11.6 Å². The van der Waals surface area contributed by atoms with Crippen molar-refractivity contribution in [2.75, 3.05) is 20.2 Å². The molecule has 1 aliphatic heterocycles. The van der Waals surface area contributed by atoms with E-state index >= 15 is 0 Å². The lowest BCUT2D eigenvalue weighted by molar-refractivity contribution is 0.374. The zero-order valence-corrected chi connectivity index (χ0v) is 9.96. The standard InChI is InChI=1S/C12H16FN3O/c1-8(15-16-10-6-14-7-10)11-4-3-9(13)5-12(11)17-2/h3-5,10,14,16H,6-7H2,1-2H3/b15-8+. The molecule has 0 aliphatic carbocycles. The van der Waals surface area contributed by atoms with E-state index in [-0.39, 0.29) is 5.82 Å². The number of nitrogens with zero attached hydrogens (tertiary/aromatic N) is 1. The largest absolute Gasteiger partial charge is 0.496 e. The minimum absolute atomic E-state index is 0.311. The van der Waals surface area contributed by atoms with Crippen LogP contribution in [-0.4, -0.2) is 32.0 Å². The summed E-state index contributed by atoms with van der Waals surface area (Å²) in [5.74, 6) is 0.189. The van der Waals surface area contributed by atoms with E-state index in [4.69, 9.17) is 4.74 Å². The molecular weight excluding hydrogens is 221 g/mol. The van der Waals surface area contributed by atoms with Gasteiger partial charge in [0.2, 0.25) is 0 Å². The Bertz CT molecular complexity index is 430. The maximum Gasteiger partial charge on any atom is 0.130 e. The van der Waals surface area contributed by atoms with Gasteiger partial charge in [0, 0.05) is 24.7 Å². The van der Waals surface area contributed by atoms with Crippen molar-refractivity contribution >= 4 is 5.71 Å². The Morgan fingerprint density at radius 2 is 2.29 bits per heavy atom. The van der Waals surface area contributed by atoms with E-state index in [9.17, 15) is 4.39 Å². The van der Waals surface area contributed by atoms with Crippen LogP contribution in [0.2, 0.25) is 0 Å². The molecule has 5 heteroatoms. The predicted molar refractivity (Wildman–Crippen MR) is 65.0 cm³/mol. The lowest BCUT2D eigenvalue weighted by atomic mass is 10.1. The molecule has 0 saturated carbocycles. The van der Waals surface area contributed by atoms with Crippen molar-refractivity contribution in [2.45, 2.75) is 13.0 Å². The summed E-state index contributed by atoms with van der Waals surface area (Å²) >= 11 is 0. The van der Waals surface area contributed by atoms with Crippen LogP contribution in [0.3, 0.4) is 0 Å². The normalized spacial score (nSPS) is 16.5. The average molecular weight is 237 g/mol. The summed E-state index contributed by atoms with van der Waals surface area (Å²) in [5.41, 5.74) is 4.65. The first-order valence-corrected chi connectivity index (χ1v) is 5.55. The number of nitrogens with one attached hydrogen (secondary N) is 2. The van der Waals surface area contributed by atoms with E-state index in [1.54, 1.807) is 6.07 Å². The van der Waals surface area contributed by atoms with Crippen LogP contribution < -0.4 is 15.5 Å². The number of ether oxygens (including phenoxy) is 1. The molecule has 0 unspecified atom stereocenters. The second-order valence-corrected chi connectivity index (χ2v) is 4.03. The van der Waals surface area contributed by atoms with Gasteiger partial charge in [-0.1, -0.05) is 0 Å². The highest BCUT2D eigenvalue weighted by Crippen LogP contribution is 2.20. The Morgan fingerprint density at radius 1 is 1.53 bits per heavy atom. The minimum Gasteiger partial charge on any atom is -0.496 e. The summed E-state index contributed by atoms with van der Waals surface area (Å²) in [6.07, 6.45) is 0. The fourth-order valence-corrected chi connectivity index (χ4v) is 1.59. The molecule has 2 rings (SSSR count). The van der Waals surface area contributed by atoms with Gasteiger partial charge in [0.25, 0.3) is 0 Å². The number of rotatable bonds is 4. The molecule has 0 aromatic heterocycles. The van der Waals surface area contributed by atoms with Gasteiger partial charge >= 0.3 is 0 Å². The van der Waals surface area contributed by atoms with E-state index in [2.05, 4.69) is 15.8 Å². The summed E-state index contributed by atoms with van der Waals surface area (Å²) in [5, 5.41) is 7.43. The molecular formula is C12H16FN3O. The molecule has 1 heterocycles. The fraction of sp³-hybridized carbons (Fsp3) is 0.417. The predicted octanol–water partition coefficient (Wildman–Crippen LogP) is 1.12. The number of hydrazone groups is 1. The third-order valence-corrected chi connectivity index (χ3v) is 2.75. The lowest BCUT2D eigenvalue weighted by Gasteiger charge is -2.26. The van der Waals surface area contributed by atoms with Crippen LogP contribution in [0.15, 0.2) is 23.3 Å². The quantitative estimate of drug-likeness (QED) is 0.609. The van der Waals surface area contributed by atoms with Crippen LogP contribution in [0.1, 0.15) is 12.5 Å². The van der Waals surface area contributed by atoms with Crippen molar-refractivity contribution in [3.05, 3.63) is 29.6 Å². The molecule has 0 amide bonds. The third kappa shape index (κ3) is 2.74. The SMILES string of the molecule is COc1cc(F)ccc1/C(C)=N/NC1CNC1. The topological polar surface area (TPSA) is 45.6 Å². The first kappa shape index (κ1) is 11.9. The van der Waals surface area contributed by atoms with Crippen molar-refractivity contribution in [1.29, 1.82) is 0 Å². The smallest absolute Gasteiger partial charge is 0.130 e. The van der Waals surface area contributed by atoms with Crippen LogP contribution in [0.25, 0.3) is 0 Å². The van der Waals surface area contributed by atoms with Gasteiger partial charge in [-0.25, -0.2) is 4.39 Å². The second kappa shape index (κ2) is 5.14. The monoisotopic (exact) mass is 237 g/mol. The first-order chi connectivity index (χ1) is 8.20. The van der Waals surface area contributed by atoms with Crippen molar-refractivity contribution in [3.8, 4) is 5.75 Å². The summed E-state index contributed by atoms with van der Waals surface area (Å²) in [4.78, 5) is 0. The second-order valence-electron chi connectivity index (χ2n) is 4.03. The number of halogens is 1. The summed E-state index contributed by atoms with van der Waals surface area (Å²) in [6, 6.07) is 4.82. The Hall–Kier alpha value is -1.62. The molecule has 0 atom stereocenters. The summed E-state index contributed by atoms with van der Waals surface area (Å²) in [7, 11) is 1.52. The Morgan fingerprint density at radius 3 is 2.88 bits per heavy atom. The van der Waals surface area contributed by atoms with E-state index in [0.717, 1.165) is 24.4 Å². The van der Waals surface area contributed by atoms with E-state index in [0.29, 0.717) is 11.8 Å². The molecule has 4 nitrogen and oxygen atoms in total. The summed E-state index contributed by atoms with van der Waals surface area (Å²) in [6.45, 7) is 3.73. The highest BCUT2D eigenvalue weighted by molar-refractivity contribution is 6.00. The van der Waals surface area contributed by atoms with Crippen molar-refractivity contribution < 1.29 is 9.13 Å². The van der Waals surface area contributed by atoms with Crippen LogP contribution in [-0.2, 0) is 0 Å². The maximum atomic E-state index is 13.0. The third-order valence-electron chi connectivity index (χ3n) is 2.75. The molecule has 1 aromatic rings. The molecule has 17 heavy (non-hydrogen) atoms. The molecule has 0 radical (unpaired) electrons. The minimum atomic E-state index is -0.311. The Balaban J connectivity index is 2.13. The molecule has 92 valence electrons. The molecule has 1 aliphatic rings. The van der Waals surface area contributed by atoms with E-state index < -0.39 is 0 Å². The zero-order chi connectivity index (χ0) is 12.3. The number of methoxy groups -OCH3 is 1. The van der Waals surface area contributed by atoms with Gasteiger partial charge in [-0.15, -0.1) is 0 Å². The number of hydrogen-bond acceptors (Lipinski definition) is 4. The van der Waals surface area contributed by atoms with Crippen molar-refractivity contribution in [1.82, 2.24) is 10.7 Å². The highest BCUT2D eigenvalue weighted by atomic mass is 19.1. The van der Waals surface area contributed by atoms with Crippen molar-refractivity contribution in [3.63, 3.8) is 0 Å². The zero-order valence-electron chi connectivity index (χ0n) is 9.96. The number of benzene rings is 1. The van der Waals surface area contributed by atoms with Gasteiger partial charge in [0.05, 0.1) is 18.9 Å².